The molecule has 0 aliphatic heterocycles. The second kappa shape index (κ2) is 8.30. The fourth-order valence-corrected chi connectivity index (χ4v) is 3.80. The van der Waals surface area contributed by atoms with Crippen LogP contribution in [-0.2, 0) is 19.7 Å². The van der Waals surface area contributed by atoms with Crippen LogP contribution < -0.4 is 10.6 Å². The number of urea groups is 1. The van der Waals surface area contributed by atoms with Gasteiger partial charge in [-0.25, -0.2) is 4.79 Å². The third-order valence-corrected chi connectivity index (χ3v) is 5.80. The highest BCUT2D eigenvalue weighted by atomic mass is 35.5. The molecule has 0 bridgehead atoms. The molecule has 2 atom stereocenters. The Morgan fingerprint density at radius 2 is 1.81 bits per heavy atom. The average molecular weight is 393 g/mol. The summed E-state index contributed by atoms with van der Waals surface area (Å²) in [5.74, 6) is -0.677. The first kappa shape index (κ1) is 19.7. The van der Waals surface area contributed by atoms with Crippen molar-refractivity contribution < 1.29 is 19.1 Å². The van der Waals surface area contributed by atoms with Crippen molar-refractivity contribution in [2.45, 2.75) is 56.9 Å². The highest BCUT2D eigenvalue weighted by molar-refractivity contribution is 6.30. The van der Waals surface area contributed by atoms with Gasteiger partial charge in [-0.05, 0) is 49.3 Å². The maximum absolute atomic E-state index is 12.4. The molecular weight excluding hydrogens is 368 g/mol. The van der Waals surface area contributed by atoms with E-state index in [4.69, 9.17) is 16.3 Å². The lowest BCUT2D eigenvalue weighted by atomic mass is 9.86. The number of benzene rings is 1. The summed E-state index contributed by atoms with van der Waals surface area (Å²) in [4.78, 5) is 36.3. The maximum atomic E-state index is 12.4. The molecule has 2 aliphatic rings. The molecule has 2 aliphatic carbocycles. The molecule has 27 heavy (non-hydrogen) atoms. The van der Waals surface area contributed by atoms with Gasteiger partial charge in [0.05, 0.1) is 5.41 Å². The molecular formula is C20H25ClN2O4. The van der Waals surface area contributed by atoms with Gasteiger partial charge in [0.15, 0.2) is 6.61 Å². The summed E-state index contributed by atoms with van der Waals surface area (Å²) >= 11 is 5.88. The van der Waals surface area contributed by atoms with Crippen molar-refractivity contribution in [1.82, 2.24) is 10.6 Å². The minimum Gasteiger partial charge on any atom is -0.455 e. The van der Waals surface area contributed by atoms with E-state index in [0.29, 0.717) is 23.8 Å². The molecule has 2 saturated carbocycles. The number of imide groups is 1. The number of esters is 1. The number of hydrogen-bond acceptors (Lipinski definition) is 4. The lowest BCUT2D eigenvalue weighted by Gasteiger charge is -2.29. The summed E-state index contributed by atoms with van der Waals surface area (Å²) in [6.07, 6.45) is 5.59. The van der Waals surface area contributed by atoms with Gasteiger partial charge >= 0.3 is 12.0 Å². The number of carbonyl (C=O) groups is 3. The predicted octanol–water partition coefficient (Wildman–Crippen LogP) is 3.32. The van der Waals surface area contributed by atoms with Crippen LogP contribution in [0, 0.1) is 5.92 Å². The van der Waals surface area contributed by atoms with Crippen molar-refractivity contribution in [3.63, 3.8) is 0 Å². The van der Waals surface area contributed by atoms with Crippen LogP contribution in [0.25, 0.3) is 0 Å². The standard InChI is InChI=1S/C20H25ClN2O4/c1-13-4-2-3-5-16(13)22-19(26)23-17(24)12-27-18(25)20(10-11-20)14-6-8-15(21)9-7-14/h6-9,13,16H,2-5,10-12H2,1H3,(H2,22,23,24,26)/t13-,16-/m0/s1. The number of amides is 3. The van der Waals surface area contributed by atoms with Crippen LogP contribution >= 0.6 is 11.6 Å². The molecule has 0 heterocycles. The summed E-state index contributed by atoms with van der Waals surface area (Å²) in [5, 5.41) is 5.67. The average Bonchev–Trinajstić information content (AvgIpc) is 3.44. The highest BCUT2D eigenvalue weighted by Gasteiger charge is 2.52. The normalized spacial score (nSPS) is 23.2. The van der Waals surface area contributed by atoms with E-state index < -0.39 is 29.9 Å². The molecule has 0 aromatic heterocycles. The molecule has 2 fully saturated rings. The van der Waals surface area contributed by atoms with Crippen molar-refractivity contribution in [2.75, 3.05) is 6.61 Å². The molecule has 3 amide bonds. The zero-order valence-electron chi connectivity index (χ0n) is 15.4. The second-order valence-electron chi connectivity index (χ2n) is 7.56. The maximum Gasteiger partial charge on any atom is 0.321 e. The van der Waals surface area contributed by atoms with Crippen molar-refractivity contribution in [3.8, 4) is 0 Å². The lowest BCUT2D eigenvalue weighted by molar-refractivity contribution is -0.150. The Labute approximate surface area is 164 Å². The van der Waals surface area contributed by atoms with Crippen molar-refractivity contribution in [1.29, 1.82) is 0 Å². The third-order valence-electron chi connectivity index (χ3n) is 5.55. The third kappa shape index (κ3) is 4.80. The minimum absolute atomic E-state index is 0.0775. The van der Waals surface area contributed by atoms with Gasteiger partial charge in [-0.2, -0.15) is 0 Å². The first-order valence-corrected chi connectivity index (χ1v) is 9.82. The zero-order valence-corrected chi connectivity index (χ0v) is 16.2. The quantitative estimate of drug-likeness (QED) is 0.753. The van der Waals surface area contributed by atoms with E-state index in [1.165, 1.54) is 6.42 Å². The van der Waals surface area contributed by atoms with Crippen molar-refractivity contribution in [2.24, 2.45) is 5.92 Å². The van der Waals surface area contributed by atoms with Crippen LogP contribution in [0.3, 0.4) is 0 Å². The molecule has 7 heteroatoms. The number of hydrogen-bond donors (Lipinski definition) is 2. The first-order chi connectivity index (χ1) is 12.9. The first-order valence-electron chi connectivity index (χ1n) is 9.44. The Balaban J connectivity index is 1.45. The van der Waals surface area contributed by atoms with E-state index in [2.05, 4.69) is 17.6 Å². The Bertz CT molecular complexity index is 715. The Morgan fingerprint density at radius 1 is 1.15 bits per heavy atom. The van der Waals surface area contributed by atoms with Gasteiger partial charge in [-0.15, -0.1) is 0 Å². The lowest BCUT2D eigenvalue weighted by Crippen LogP contribution is -2.48. The fraction of sp³-hybridized carbons (Fsp3) is 0.550. The molecule has 146 valence electrons. The fourth-order valence-electron chi connectivity index (χ4n) is 3.67. The van der Waals surface area contributed by atoms with Crippen LogP contribution in [0.5, 0.6) is 0 Å². The summed E-state index contributed by atoms with van der Waals surface area (Å²) in [6, 6.07) is 6.61. The van der Waals surface area contributed by atoms with E-state index in [9.17, 15) is 14.4 Å². The van der Waals surface area contributed by atoms with Gasteiger partial charge in [0, 0.05) is 11.1 Å². The van der Waals surface area contributed by atoms with Crippen LogP contribution in [-0.4, -0.2) is 30.6 Å². The van der Waals surface area contributed by atoms with E-state index in [1.807, 2.05) is 0 Å². The molecule has 1 aromatic rings. The van der Waals surface area contributed by atoms with Crippen molar-refractivity contribution in [3.05, 3.63) is 34.9 Å². The zero-order chi connectivity index (χ0) is 19.4. The number of halogens is 1. The molecule has 6 nitrogen and oxygen atoms in total. The molecule has 2 N–H and O–H groups in total. The molecule has 0 saturated heterocycles. The molecule has 0 radical (unpaired) electrons. The number of rotatable bonds is 5. The summed E-state index contributed by atoms with van der Waals surface area (Å²) in [6.45, 7) is 1.63. The largest absolute Gasteiger partial charge is 0.455 e. The van der Waals surface area contributed by atoms with Crippen LogP contribution in [0.15, 0.2) is 24.3 Å². The number of ether oxygens (including phenoxy) is 1. The summed E-state index contributed by atoms with van der Waals surface area (Å²) < 4.78 is 5.16. The molecule has 0 unspecified atom stereocenters. The van der Waals surface area contributed by atoms with E-state index in [0.717, 1.165) is 24.8 Å². The van der Waals surface area contributed by atoms with Crippen molar-refractivity contribution >= 4 is 29.5 Å². The Kier molecular flexibility index (Phi) is 6.05. The Morgan fingerprint density at radius 3 is 2.44 bits per heavy atom. The molecule has 3 rings (SSSR count). The van der Waals surface area contributed by atoms with Gasteiger partial charge in [0.1, 0.15) is 0 Å². The van der Waals surface area contributed by atoms with E-state index in [-0.39, 0.29) is 6.04 Å². The van der Waals surface area contributed by atoms with E-state index >= 15 is 0 Å². The smallest absolute Gasteiger partial charge is 0.321 e. The summed E-state index contributed by atoms with van der Waals surface area (Å²) in [5.41, 5.74) is 0.145. The predicted molar refractivity (Wildman–Crippen MR) is 101 cm³/mol. The highest BCUT2D eigenvalue weighted by Crippen LogP contribution is 2.49. The monoisotopic (exact) mass is 392 g/mol. The van der Waals surface area contributed by atoms with Crippen LogP contribution in [0.1, 0.15) is 51.0 Å². The molecule has 1 aromatic carbocycles. The minimum atomic E-state index is -0.690. The van der Waals surface area contributed by atoms with Gasteiger partial charge in [-0.1, -0.05) is 43.5 Å². The topological polar surface area (TPSA) is 84.5 Å². The number of carbonyl (C=O) groups excluding carboxylic acids is 3. The van der Waals surface area contributed by atoms with Gasteiger partial charge in [0.2, 0.25) is 0 Å². The van der Waals surface area contributed by atoms with Crippen LogP contribution in [0.2, 0.25) is 5.02 Å². The molecule has 0 spiro atoms. The Hall–Kier alpha value is -2.08. The number of nitrogens with one attached hydrogen (secondary N) is 2. The summed E-state index contributed by atoms with van der Waals surface area (Å²) in [7, 11) is 0. The van der Waals surface area contributed by atoms with Gasteiger partial charge in [0.25, 0.3) is 5.91 Å². The van der Waals surface area contributed by atoms with E-state index in [1.54, 1.807) is 24.3 Å². The van der Waals surface area contributed by atoms with Crippen LogP contribution in [0.4, 0.5) is 4.79 Å². The second-order valence-corrected chi connectivity index (χ2v) is 7.99. The SMILES string of the molecule is C[C@H]1CCCC[C@@H]1NC(=O)NC(=O)COC(=O)C1(c2ccc(Cl)cc2)CC1. The van der Waals surface area contributed by atoms with Gasteiger partial charge < -0.3 is 10.1 Å². The van der Waals surface area contributed by atoms with Gasteiger partial charge in [-0.3, -0.25) is 14.9 Å².